The molecule has 3 amide bonds. The van der Waals surface area contributed by atoms with Crippen LogP contribution in [0.25, 0.3) is 0 Å². The summed E-state index contributed by atoms with van der Waals surface area (Å²) < 4.78 is 50.3. The lowest BCUT2D eigenvalue weighted by molar-refractivity contribution is -0.134. The second kappa shape index (κ2) is 16.7. The molecule has 60 heavy (non-hydrogen) atoms. The number of aromatic nitrogens is 2. The van der Waals surface area contributed by atoms with E-state index in [-0.39, 0.29) is 53.4 Å². The number of benzene rings is 2. The Balaban J connectivity index is 0.787. The van der Waals surface area contributed by atoms with Crippen molar-refractivity contribution in [3.05, 3.63) is 59.5 Å². The molecular weight excluding hydrogens is 776 g/mol. The monoisotopic (exact) mass is 831 g/mol. The molecular formula is C44H56F3N9O4. The lowest BCUT2D eigenvalue weighted by atomic mass is 9.60. The maximum atomic E-state index is 15.3. The van der Waals surface area contributed by atoms with Crippen LogP contribution in [0.2, 0.25) is 0 Å². The van der Waals surface area contributed by atoms with Crippen molar-refractivity contribution in [3.8, 4) is 5.75 Å². The fourth-order valence-corrected chi connectivity index (χ4v) is 9.90. The first-order chi connectivity index (χ1) is 28.7. The Kier molecular flexibility index (Phi) is 11.6. The molecule has 0 bridgehead atoms. The molecule has 5 aliphatic rings. The number of fused-ring (bicyclic) bond motifs is 1. The van der Waals surface area contributed by atoms with Crippen molar-refractivity contribution in [2.24, 2.45) is 11.3 Å². The van der Waals surface area contributed by atoms with Crippen LogP contribution in [0, 0.1) is 17.2 Å². The van der Waals surface area contributed by atoms with Gasteiger partial charge in [0.05, 0.1) is 49.4 Å². The van der Waals surface area contributed by atoms with Crippen LogP contribution >= 0.6 is 0 Å². The van der Waals surface area contributed by atoms with E-state index in [1.54, 1.807) is 42.4 Å². The van der Waals surface area contributed by atoms with Gasteiger partial charge in [0.25, 0.3) is 11.8 Å². The van der Waals surface area contributed by atoms with Crippen molar-refractivity contribution in [1.29, 1.82) is 0 Å². The van der Waals surface area contributed by atoms with Gasteiger partial charge in [-0.15, -0.1) is 0 Å². The molecule has 5 heterocycles. The molecule has 8 rings (SSSR count). The van der Waals surface area contributed by atoms with Crippen LogP contribution in [-0.4, -0.2) is 111 Å². The van der Waals surface area contributed by atoms with Crippen LogP contribution in [0.4, 0.5) is 42.0 Å². The number of carbonyl (C=O) groups is 3. The molecule has 1 aromatic heterocycles. The predicted molar refractivity (Wildman–Crippen MR) is 224 cm³/mol. The average molecular weight is 832 g/mol. The number of anilines is 5. The molecule has 3 N–H and O–H groups in total. The third-order valence-electron chi connectivity index (χ3n) is 13.3. The average Bonchev–Trinajstić information content (AvgIpc) is 3.30. The van der Waals surface area contributed by atoms with E-state index in [4.69, 9.17) is 4.74 Å². The maximum absolute atomic E-state index is 15.3. The lowest BCUT2D eigenvalue weighted by Crippen LogP contribution is -2.55. The van der Waals surface area contributed by atoms with Gasteiger partial charge in [-0.1, -0.05) is 6.07 Å². The summed E-state index contributed by atoms with van der Waals surface area (Å²) in [6, 6.07) is 10.1. The molecule has 1 atom stereocenters. The number of piperidine rings is 3. The number of carbonyl (C=O) groups excluding carboxylic acids is 3. The number of halogens is 3. The van der Waals surface area contributed by atoms with Crippen molar-refractivity contribution < 1.29 is 32.3 Å². The summed E-state index contributed by atoms with van der Waals surface area (Å²) in [5.74, 6) is -2.89. The van der Waals surface area contributed by atoms with Gasteiger partial charge in [-0.2, -0.15) is 4.98 Å². The van der Waals surface area contributed by atoms with Crippen molar-refractivity contribution in [2.45, 2.75) is 89.1 Å². The Morgan fingerprint density at radius 1 is 1.00 bits per heavy atom. The number of imide groups is 1. The van der Waals surface area contributed by atoms with E-state index in [0.29, 0.717) is 52.1 Å². The van der Waals surface area contributed by atoms with E-state index in [9.17, 15) is 23.2 Å². The summed E-state index contributed by atoms with van der Waals surface area (Å²) in [5.41, 5.74) is 2.99. The quantitative estimate of drug-likeness (QED) is 0.205. The Morgan fingerprint density at radius 3 is 2.43 bits per heavy atom. The topological polar surface area (TPSA) is 135 Å². The number of methoxy groups -OCH3 is 1. The maximum Gasteiger partial charge on any atom is 0.282 e. The Hall–Kier alpha value is -5.12. The van der Waals surface area contributed by atoms with Gasteiger partial charge in [-0.3, -0.25) is 19.7 Å². The van der Waals surface area contributed by atoms with Gasteiger partial charge >= 0.3 is 0 Å². The molecule has 322 valence electrons. The molecule has 13 nitrogen and oxygen atoms in total. The van der Waals surface area contributed by atoms with Gasteiger partial charge in [-0.25, -0.2) is 18.2 Å². The van der Waals surface area contributed by atoms with Crippen molar-refractivity contribution in [2.75, 3.05) is 80.0 Å². The number of rotatable bonds is 10. The van der Waals surface area contributed by atoms with Gasteiger partial charge in [0.1, 0.15) is 11.6 Å². The summed E-state index contributed by atoms with van der Waals surface area (Å²) >= 11 is 0. The van der Waals surface area contributed by atoms with E-state index in [0.717, 1.165) is 71.2 Å². The van der Waals surface area contributed by atoms with Gasteiger partial charge in [0.15, 0.2) is 5.82 Å². The number of nitrogens with zero attached hydrogens (tertiary/aromatic N) is 6. The minimum Gasteiger partial charge on any atom is -0.495 e. The number of alkyl halides is 2. The number of likely N-dealkylation sites (tertiary alicyclic amines) is 1. The van der Waals surface area contributed by atoms with Gasteiger partial charge in [0.2, 0.25) is 17.8 Å². The van der Waals surface area contributed by atoms with E-state index >= 15 is 4.39 Å². The van der Waals surface area contributed by atoms with E-state index < -0.39 is 24.9 Å². The van der Waals surface area contributed by atoms with Gasteiger partial charge < -0.3 is 35.0 Å². The highest BCUT2D eigenvalue weighted by atomic mass is 19.3. The van der Waals surface area contributed by atoms with Crippen LogP contribution in [0.15, 0.2) is 42.6 Å². The van der Waals surface area contributed by atoms with Crippen LogP contribution in [0.3, 0.4) is 0 Å². The highest BCUT2D eigenvalue weighted by Crippen LogP contribution is 2.49. The Labute approximate surface area is 349 Å². The number of nitrogens with one attached hydrogen (secondary N) is 3. The third kappa shape index (κ3) is 8.84. The van der Waals surface area contributed by atoms with Gasteiger partial charge in [0, 0.05) is 50.7 Å². The molecule has 0 radical (unpaired) electrons. The Bertz CT molecular complexity index is 2100. The molecule has 4 aliphatic heterocycles. The van der Waals surface area contributed by atoms with Crippen LogP contribution in [0.1, 0.15) is 87.1 Å². The van der Waals surface area contributed by atoms with Crippen LogP contribution < -0.4 is 35.4 Å². The molecule has 1 spiro atoms. The summed E-state index contributed by atoms with van der Waals surface area (Å²) in [4.78, 5) is 54.0. The first kappa shape index (κ1) is 41.6. The zero-order valence-electron chi connectivity index (χ0n) is 34.9. The second-order valence-corrected chi connectivity index (χ2v) is 17.9. The molecule has 1 unspecified atom stereocenters. The van der Waals surface area contributed by atoms with E-state index in [1.165, 1.54) is 18.1 Å². The summed E-state index contributed by atoms with van der Waals surface area (Å²) in [5, 5.41) is 8.75. The number of ether oxygens (including phenoxy) is 1. The summed E-state index contributed by atoms with van der Waals surface area (Å²) in [6.07, 6.45) is 8.33. The zero-order chi connectivity index (χ0) is 42.3. The number of amides is 3. The fraction of sp³-hybridized carbons (Fsp3) is 0.568. The molecule has 3 saturated heterocycles. The highest BCUT2D eigenvalue weighted by Gasteiger charge is 2.46. The van der Waals surface area contributed by atoms with E-state index in [2.05, 4.69) is 35.7 Å². The van der Waals surface area contributed by atoms with Crippen molar-refractivity contribution in [1.82, 2.24) is 25.5 Å². The number of hydrogen-bond acceptors (Lipinski definition) is 11. The van der Waals surface area contributed by atoms with Crippen LogP contribution in [0.5, 0.6) is 5.75 Å². The lowest BCUT2D eigenvalue weighted by Gasteiger charge is -2.52. The minimum absolute atomic E-state index is 0.109. The predicted octanol–water partition coefficient (Wildman–Crippen LogP) is 6.08. The molecule has 4 fully saturated rings. The summed E-state index contributed by atoms with van der Waals surface area (Å²) in [7, 11) is 3.14. The zero-order valence-corrected chi connectivity index (χ0v) is 34.9. The molecule has 2 aromatic carbocycles. The molecule has 1 saturated carbocycles. The Morgan fingerprint density at radius 2 is 1.75 bits per heavy atom. The van der Waals surface area contributed by atoms with Crippen LogP contribution in [-0.2, 0) is 9.59 Å². The fourth-order valence-electron chi connectivity index (χ4n) is 9.90. The molecule has 16 heteroatoms. The summed E-state index contributed by atoms with van der Waals surface area (Å²) in [6.45, 7) is 7.52. The van der Waals surface area contributed by atoms with Crippen molar-refractivity contribution in [3.63, 3.8) is 0 Å². The first-order valence-electron chi connectivity index (χ1n) is 21.3. The minimum atomic E-state index is -2.92. The number of hydrogen-bond donors (Lipinski definition) is 3. The normalized spacial score (nSPS) is 22.3. The van der Waals surface area contributed by atoms with Crippen molar-refractivity contribution >= 4 is 46.5 Å². The first-order valence-corrected chi connectivity index (χ1v) is 21.3. The van der Waals surface area contributed by atoms with E-state index in [1.807, 2.05) is 19.9 Å². The largest absolute Gasteiger partial charge is 0.495 e. The standard InChI is InChI=1S/C44H56F3N9O4/c1-27(2)56-26-44(46,47)25-53(3)36-23-48-42(52-39(36)56)50-34-8-5-30(20-37(34)60-4)40(58)49-31-21-43(22-31)13-17-54(18-14-43)24-28-11-15-55(16-12-28)35-9-6-29(19-33(35)45)32-7-10-38(57)51-41(32)59/h5-6,8-9,19-20,23,27-28,31-32H,7,10-18,21-22,24-26H2,1-4H3,(H,49,58)(H,48,50,52)(H,51,57,59). The van der Waals surface area contributed by atoms with Gasteiger partial charge in [-0.05, 0) is 119 Å². The second-order valence-electron chi connectivity index (χ2n) is 17.9. The molecule has 1 aliphatic carbocycles. The third-order valence-corrected chi connectivity index (χ3v) is 13.3. The molecule has 3 aromatic rings. The SMILES string of the molecule is COc1cc(C(=O)NC2CC3(CCN(CC4CCN(c5ccc(C6CCC(=O)NC6=O)cc5F)CC4)CC3)C2)ccc1Nc1ncc2c(n1)N(C(C)C)CC(F)(F)CN2C. The highest BCUT2D eigenvalue weighted by molar-refractivity contribution is 6.01. The smallest absolute Gasteiger partial charge is 0.282 e.